The van der Waals surface area contributed by atoms with Gasteiger partial charge in [-0.15, -0.1) is 24.0 Å². The summed E-state index contributed by atoms with van der Waals surface area (Å²) in [5, 5.41) is 7.08. The van der Waals surface area contributed by atoms with Crippen LogP contribution in [-0.2, 0) is 4.79 Å². The second-order valence-corrected chi connectivity index (χ2v) is 8.49. The molecule has 2 aromatic carbocycles. The quantitative estimate of drug-likeness (QED) is 0.326. The normalized spacial score (nSPS) is 17.2. The van der Waals surface area contributed by atoms with Gasteiger partial charge in [-0.2, -0.15) is 0 Å². The lowest BCUT2D eigenvalue weighted by atomic mass is 10.0. The van der Waals surface area contributed by atoms with Crippen LogP contribution in [0.25, 0.3) is 0 Å². The first kappa shape index (κ1) is 26.0. The Morgan fingerprint density at radius 2 is 1.84 bits per heavy atom. The molecule has 0 bridgehead atoms. The topological polar surface area (TPSA) is 60.0 Å². The van der Waals surface area contributed by atoms with Crippen LogP contribution in [0.1, 0.15) is 36.9 Å². The summed E-state index contributed by atoms with van der Waals surface area (Å²) in [5.74, 6) is 0.667. The van der Waals surface area contributed by atoms with Crippen molar-refractivity contribution in [2.75, 3.05) is 38.6 Å². The molecule has 2 N–H and O–H groups in total. The van der Waals surface area contributed by atoms with Crippen LogP contribution in [-0.4, -0.2) is 56.5 Å². The Kier molecular flexibility index (Phi) is 10.3. The summed E-state index contributed by atoms with van der Waals surface area (Å²) < 4.78 is 0. The van der Waals surface area contributed by atoms with Crippen LogP contribution in [0, 0.1) is 6.92 Å². The number of guanidine groups is 1. The van der Waals surface area contributed by atoms with Crippen molar-refractivity contribution >= 4 is 41.5 Å². The fourth-order valence-electron chi connectivity index (χ4n) is 3.73. The first-order valence-electron chi connectivity index (χ1n) is 11.1. The van der Waals surface area contributed by atoms with E-state index in [1.54, 1.807) is 19.0 Å². The van der Waals surface area contributed by atoms with Crippen molar-refractivity contribution in [3.05, 3.63) is 65.7 Å². The summed E-state index contributed by atoms with van der Waals surface area (Å²) in [6, 6.07) is 19.3. The van der Waals surface area contributed by atoms with Crippen molar-refractivity contribution in [2.24, 2.45) is 4.99 Å². The number of carbonyl (C=O) groups excluding carboxylic acids is 1. The molecule has 0 saturated carbocycles. The second-order valence-electron chi connectivity index (χ2n) is 8.49. The summed E-state index contributed by atoms with van der Waals surface area (Å²) in [5.41, 5.74) is 3.71. The fraction of sp³-hybridized carbons (Fsp3) is 0.440. The molecule has 1 aliphatic heterocycles. The average molecular weight is 550 g/mol. The van der Waals surface area contributed by atoms with Gasteiger partial charge in [-0.25, -0.2) is 4.99 Å². The number of piperidine rings is 1. The number of amides is 1. The molecule has 0 aliphatic carbocycles. The van der Waals surface area contributed by atoms with E-state index in [0.717, 1.165) is 25.9 Å². The number of likely N-dealkylation sites (N-methyl/N-ethyl adjacent to an activating group) is 1. The first-order valence-corrected chi connectivity index (χ1v) is 11.1. The Balaban J connectivity index is 0.00000363. The van der Waals surface area contributed by atoms with Crippen LogP contribution in [0.15, 0.2) is 59.6 Å². The van der Waals surface area contributed by atoms with Crippen molar-refractivity contribution in [3.63, 3.8) is 0 Å². The highest BCUT2D eigenvalue weighted by atomic mass is 127. The standard InChI is InChI=1S/C25H35N5O.HI/c1-19-12-14-23(15-13-19)30-16-8-11-22(18-30)28-25(26-17-24(31)29(3)4)27-20(2)21-9-6-5-7-10-21;/h5-7,9-10,12-15,20,22H,8,11,16-18H2,1-4H3,(H2,26,27,28);1H. The minimum Gasteiger partial charge on any atom is -0.369 e. The van der Waals surface area contributed by atoms with Gasteiger partial charge in [0.15, 0.2) is 5.96 Å². The van der Waals surface area contributed by atoms with E-state index in [1.165, 1.54) is 16.8 Å². The van der Waals surface area contributed by atoms with Crippen molar-refractivity contribution in [3.8, 4) is 0 Å². The monoisotopic (exact) mass is 549 g/mol. The molecule has 1 amide bonds. The molecule has 7 heteroatoms. The van der Waals surface area contributed by atoms with Gasteiger partial charge < -0.3 is 20.4 Å². The highest BCUT2D eigenvalue weighted by molar-refractivity contribution is 14.0. The minimum absolute atomic E-state index is 0. The number of aryl methyl sites for hydroxylation is 1. The number of aliphatic imine (C=N–C) groups is 1. The molecule has 2 unspecified atom stereocenters. The molecule has 0 spiro atoms. The lowest BCUT2D eigenvalue weighted by molar-refractivity contribution is -0.127. The van der Waals surface area contributed by atoms with Gasteiger partial charge >= 0.3 is 0 Å². The Morgan fingerprint density at radius 3 is 2.50 bits per heavy atom. The second kappa shape index (κ2) is 12.7. The van der Waals surface area contributed by atoms with Gasteiger partial charge in [0.05, 0.1) is 6.04 Å². The van der Waals surface area contributed by atoms with E-state index in [4.69, 9.17) is 0 Å². The smallest absolute Gasteiger partial charge is 0.243 e. The van der Waals surface area contributed by atoms with Crippen LogP contribution in [0.2, 0.25) is 0 Å². The third-order valence-corrected chi connectivity index (χ3v) is 5.69. The van der Waals surface area contributed by atoms with Crippen LogP contribution >= 0.6 is 24.0 Å². The number of nitrogens with one attached hydrogen (secondary N) is 2. The number of hydrogen-bond donors (Lipinski definition) is 2. The number of halogens is 1. The zero-order chi connectivity index (χ0) is 22.2. The molecule has 174 valence electrons. The summed E-state index contributed by atoms with van der Waals surface area (Å²) >= 11 is 0. The SMILES string of the molecule is Cc1ccc(N2CCCC(NC(=NCC(=O)N(C)C)NC(C)c3ccccc3)C2)cc1.I. The maximum atomic E-state index is 12.1. The molecular formula is C25H36IN5O. The maximum absolute atomic E-state index is 12.1. The summed E-state index contributed by atoms with van der Waals surface area (Å²) in [4.78, 5) is 20.7. The molecular weight excluding hydrogens is 513 g/mol. The molecule has 1 heterocycles. The largest absolute Gasteiger partial charge is 0.369 e. The van der Waals surface area contributed by atoms with Gasteiger partial charge in [0.25, 0.3) is 0 Å². The predicted molar refractivity (Wildman–Crippen MR) is 144 cm³/mol. The number of rotatable bonds is 6. The lowest BCUT2D eigenvalue weighted by Crippen LogP contribution is -2.51. The minimum atomic E-state index is -0.0154. The Hall–Kier alpha value is -2.29. The molecule has 1 fully saturated rings. The predicted octanol–water partition coefficient (Wildman–Crippen LogP) is 3.97. The van der Waals surface area contributed by atoms with E-state index in [0.29, 0.717) is 5.96 Å². The van der Waals surface area contributed by atoms with Crippen molar-refractivity contribution in [2.45, 2.75) is 38.8 Å². The van der Waals surface area contributed by atoms with Crippen LogP contribution < -0.4 is 15.5 Å². The number of benzene rings is 2. The van der Waals surface area contributed by atoms with Crippen molar-refractivity contribution in [1.82, 2.24) is 15.5 Å². The van der Waals surface area contributed by atoms with Gasteiger partial charge in [0.1, 0.15) is 6.54 Å². The van der Waals surface area contributed by atoms with Gasteiger partial charge in [-0.1, -0.05) is 48.0 Å². The fourth-order valence-corrected chi connectivity index (χ4v) is 3.73. The van der Waals surface area contributed by atoms with Crippen molar-refractivity contribution < 1.29 is 4.79 Å². The summed E-state index contributed by atoms with van der Waals surface area (Å²) in [6.07, 6.45) is 2.19. The van der Waals surface area contributed by atoms with E-state index >= 15 is 0 Å². The molecule has 0 aromatic heterocycles. The van der Waals surface area contributed by atoms with E-state index < -0.39 is 0 Å². The molecule has 2 aromatic rings. The third kappa shape index (κ3) is 7.69. The lowest BCUT2D eigenvalue weighted by Gasteiger charge is -2.36. The number of carbonyl (C=O) groups is 1. The molecule has 32 heavy (non-hydrogen) atoms. The highest BCUT2D eigenvalue weighted by Gasteiger charge is 2.22. The molecule has 1 aliphatic rings. The van der Waals surface area contributed by atoms with E-state index in [-0.39, 0.29) is 48.5 Å². The van der Waals surface area contributed by atoms with E-state index in [2.05, 4.69) is 70.8 Å². The van der Waals surface area contributed by atoms with Crippen molar-refractivity contribution in [1.29, 1.82) is 0 Å². The Labute approximate surface area is 209 Å². The van der Waals surface area contributed by atoms with Crippen LogP contribution in [0.3, 0.4) is 0 Å². The Morgan fingerprint density at radius 1 is 1.16 bits per heavy atom. The maximum Gasteiger partial charge on any atom is 0.243 e. The van der Waals surface area contributed by atoms with Gasteiger partial charge in [-0.3, -0.25) is 4.79 Å². The molecule has 2 atom stereocenters. The zero-order valence-electron chi connectivity index (χ0n) is 19.5. The van der Waals surface area contributed by atoms with Gasteiger partial charge in [0.2, 0.25) is 5.91 Å². The first-order chi connectivity index (χ1) is 14.9. The summed E-state index contributed by atoms with van der Waals surface area (Å²) in [7, 11) is 3.51. The summed E-state index contributed by atoms with van der Waals surface area (Å²) in [6.45, 7) is 6.31. The van der Waals surface area contributed by atoms with Crippen LogP contribution in [0.5, 0.6) is 0 Å². The Bertz CT molecular complexity index is 870. The molecule has 0 radical (unpaired) electrons. The zero-order valence-corrected chi connectivity index (χ0v) is 21.9. The van der Waals surface area contributed by atoms with Gasteiger partial charge in [0, 0.05) is 38.9 Å². The highest BCUT2D eigenvalue weighted by Crippen LogP contribution is 2.20. The average Bonchev–Trinajstić information content (AvgIpc) is 2.78. The van der Waals surface area contributed by atoms with E-state index in [9.17, 15) is 4.79 Å². The number of hydrogen-bond acceptors (Lipinski definition) is 3. The third-order valence-electron chi connectivity index (χ3n) is 5.69. The molecule has 3 rings (SSSR count). The van der Waals surface area contributed by atoms with E-state index in [1.807, 2.05) is 18.2 Å². The number of anilines is 1. The van der Waals surface area contributed by atoms with Crippen LogP contribution in [0.4, 0.5) is 5.69 Å². The molecule has 1 saturated heterocycles. The molecule has 6 nitrogen and oxygen atoms in total. The van der Waals surface area contributed by atoms with Gasteiger partial charge in [-0.05, 0) is 44.4 Å². The number of nitrogens with zero attached hydrogens (tertiary/aromatic N) is 3.